The van der Waals surface area contributed by atoms with Gasteiger partial charge in [0.2, 0.25) is 5.91 Å². The molecule has 1 saturated heterocycles. The van der Waals surface area contributed by atoms with Gasteiger partial charge in [0.15, 0.2) is 0 Å². The van der Waals surface area contributed by atoms with Crippen molar-refractivity contribution in [2.75, 3.05) is 13.1 Å². The van der Waals surface area contributed by atoms with Crippen LogP contribution in [0.2, 0.25) is 0 Å². The average molecular weight is 376 g/mol. The first-order valence-corrected chi connectivity index (χ1v) is 8.70. The van der Waals surface area contributed by atoms with Crippen LogP contribution in [-0.4, -0.2) is 29.8 Å². The Balaban J connectivity index is 1.52. The summed E-state index contributed by atoms with van der Waals surface area (Å²) in [7, 11) is 0. The molecule has 4 nitrogen and oxygen atoms in total. The van der Waals surface area contributed by atoms with Crippen LogP contribution in [0.3, 0.4) is 0 Å². The third kappa shape index (κ3) is 4.67. The van der Waals surface area contributed by atoms with Crippen LogP contribution in [-0.2, 0) is 11.3 Å². The Morgan fingerprint density at radius 3 is 2.37 bits per heavy atom. The van der Waals surface area contributed by atoms with Crippen LogP contribution in [0.5, 0.6) is 0 Å². The van der Waals surface area contributed by atoms with E-state index >= 15 is 0 Å². The van der Waals surface area contributed by atoms with Gasteiger partial charge in [-0.25, -0.2) is 13.2 Å². The van der Waals surface area contributed by atoms with E-state index in [2.05, 4.69) is 5.32 Å². The van der Waals surface area contributed by atoms with Crippen molar-refractivity contribution in [2.45, 2.75) is 19.4 Å². The summed E-state index contributed by atoms with van der Waals surface area (Å²) >= 11 is 0. The largest absolute Gasteiger partial charge is 0.352 e. The Bertz CT molecular complexity index is 849. The fourth-order valence-electron chi connectivity index (χ4n) is 3.16. The number of nitrogens with one attached hydrogen (secondary N) is 1. The Morgan fingerprint density at radius 1 is 1.00 bits per heavy atom. The fraction of sp³-hybridized carbons (Fsp3) is 0.300. The standard InChI is InChI=1S/C20H19F3N2O2/c21-15-3-1-2-13(10-15)12-24-19(26)14-6-8-25(9-7-14)20(27)17-5-4-16(22)11-18(17)23/h1-5,10-11,14H,6-9,12H2,(H,24,26). The summed E-state index contributed by atoms with van der Waals surface area (Å²) in [4.78, 5) is 26.1. The van der Waals surface area contributed by atoms with Gasteiger partial charge < -0.3 is 10.2 Å². The Labute approximate surface area is 155 Å². The maximum atomic E-state index is 13.8. The van der Waals surface area contributed by atoms with Crippen molar-refractivity contribution in [3.63, 3.8) is 0 Å². The number of amides is 2. The van der Waals surface area contributed by atoms with Gasteiger partial charge in [-0.05, 0) is 42.7 Å². The van der Waals surface area contributed by atoms with E-state index in [4.69, 9.17) is 0 Å². The highest BCUT2D eigenvalue weighted by molar-refractivity contribution is 5.94. The second-order valence-electron chi connectivity index (χ2n) is 6.54. The zero-order valence-electron chi connectivity index (χ0n) is 14.6. The molecule has 0 atom stereocenters. The van der Waals surface area contributed by atoms with Crippen LogP contribution < -0.4 is 5.32 Å². The molecule has 0 radical (unpaired) electrons. The molecule has 1 aliphatic heterocycles. The lowest BCUT2D eigenvalue weighted by Gasteiger charge is -2.31. The summed E-state index contributed by atoms with van der Waals surface area (Å²) in [5, 5.41) is 2.78. The van der Waals surface area contributed by atoms with E-state index in [1.165, 1.54) is 17.0 Å². The van der Waals surface area contributed by atoms with Crippen molar-refractivity contribution in [1.29, 1.82) is 0 Å². The topological polar surface area (TPSA) is 49.4 Å². The van der Waals surface area contributed by atoms with E-state index in [0.29, 0.717) is 37.6 Å². The maximum Gasteiger partial charge on any atom is 0.256 e. The number of carbonyl (C=O) groups excluding carboxylic acids is 2. The van der Waals surface area contributed by atoms with Crippen LogP contribution in [0.25, 0.3) is 0 Å². The Kier molecular flexibility index (Phi) is 5.78. The minimum Gasteiger partial charge on any atom is -0.352 e. The third-order valence-corrected chi connectivity index (χ3v) is 4.67. The predicted octanol–water partition coefficient (Wildman–Crippen LogP) is 3.27. The van der Waals surface area contributed by atoms with Crippen molar-refractivity contribution in [2.24, 2.45) is 5.92 Å². The summed E-state index contributed by atoms with van der Waals surface area (Å²) in [5.74, 6) is -2.92. The molecule has 0 spiro atoms. The summed E-state index contributed by atoms with van der Waals surface area (Å²) < 4.78 is 39.9. The first-order valence-electron chi connectivity index (χ1n) is 8.70. The number of hydrogen-bond acceptors (Lipinski definition) is 2. The minimum absolute atomic E-state index is 0.153. The van der Waals surface area contributed by atoms with Gasteiger partial charge in [0.25, 0.3) is 5.91 Å². The number of hydrogen-bond donors (Lipinski definition) is 1. The van der Waals surface area contributed by atoms with Crippen molar-refractivity contribution >= 4 is 11.8 Å². The van der Waals surface area contributed by atoms with Gasteiger partial charge in [-0.3, -0.25) is 9.59 Å². The molecule has 2 amide bonds. The van der Waals surface area contributed by atoms with E-state index in [1.807, 2.05) is 0 Å². The highest BCUT2D eigenvalue weighted by Gasteiger charge is 2.28. The fourth-order valence-corrected chi connectivity index (χ4v) is 3.16. The summed E-state index contributed by atoms with van der Waals surface area (Å²) in [6, 6.07) is 8.85. The van der Waals surface area contributed by atoms with Gasteiger partial charge in [0, 0.05) is 31.6 Å². The molecule has 1 N–H and O–H groups in total. The van der Waals surface area contributed by atoms with E-state index < -0.39 is 17.5 Å². The number of benzene rings is 2. The van der Waals surface area contributed by atoms with Gasteiger partial charge in [0.05, 0.1) is 5.56 Å². The summed E-state index contributed by atoms with van der Waals surface area (Å²) in [6.45, 7) is 0.859. The molecule has 0 aromatic heterocycles. The van der Waals surface area contributed by atoms with E-state index in [0.717, 1.165) is 12.1 Å². The van der Waals surface area contributed by atoms with Crippen LogP contribution in [0.1, 0.15) is 28.8 Å². The molecular weight excluding hydrogens is 357 g/mol. The molecule has 0 aliphatic carbocycles. The lowest BCUT2D eigenvalue weighted by atomic mass is 9.95. The highest BCUT2D eigenvalue weighted by atomic mass is 19.1. The zero-order chi connectivity index (χ0) is 19.4. The maximum absolute atomic E-state index is 13.8. The van der Waals surface area contributed by atoms with Gasteiger partial charge in [0.1, 0.15) is 17.5 Å². The Morgan fingerprint density at radius 2 is 1.70 bits per heavy atom. The number of carbonyl (C=O) groups is 2. The molecular formula is C20H19F3N2O2. The van der Waals surface area contributed by atoms with Crippen LogP contribution >= 0.6 is 0 Å². The Hall–Kier alpha value is -2.83. The van der Waals surface area contributed by atoms with E-state index in [9.17, 15) is 22.8 Å². The van der Waals surface area contributed by atoms with Gasteiger partial charge in [-0.1, -0.05) is 12.1 Å². The third-order valence-electron chi connectivity index (χ3n) is 4.67. The number of halogens is 3. The SMILES string of the molecule is O=C(NCc1cccc(F)c1)C1CCN(C(=O)c2ccc(F)cc2F)CC1. The molecule has 1 heterocycles. The number of likely N-dealkylation sites (tertiary alicyclic amines) is 1. The monoisotopic (exact) mass is 376 g/mol. The molecule has 142 valence electrons. The first-order chi connectivity index (χ1) is 12.9. The minimum atomic E-state index is -0.894. The van der Waals surface area contributed by atoms with E-state index in [1.54, 1.807) is 12.1 Å². The summed E-state index contributed by atoms with van der Waals surface area (Å²) in [5.41, 5.74) is 0.494. The lowest BCUT2D eigenvalue weighted by Crippen LogP contribution is -2.43. The molecule has 7 heteroatoms. The first kappa shape index (κ1) is 18.9. The molecule has 0 unspecified atom stereocenters. The lowest BCUT2D eigenvalue weighted by molar-refractivity contribution is -0.126. The van der Waals surface area contributed by atoms with E-state index in [-0.39, 0.29) is 29.8 Å². The van der Waals surface area contributed by atoms with Crippen LogP contribution in [0.4, 0.5) is 13.2 Å². The van der Waals surface area contributed by atoms with Gasteiger partial charge in [-0.2, -0.15) is 0 Å². The quantitative estimate of drug-likeness (QED) is 0.890. The number of rotatable bonds is 4. The molecule has 0 saturated carbocycles. The van der Waals surface area contributed by atoms with Crippen LogP contribution in [0.15, 0.2) is 42.5 Å². The molecule has 2 aromatic rings. The molecule has 1 aliphatic rings. The second kappa shape index (κ2) is 8.24. The molecule has 0 bridgehead atoms. The van der Waals surface area contributed by atoms with Crippen molar-refractivity contribution in [1.82, 2.24) is 10.2 Å². The second-order valence-corrected chi connectivity index (χ2v) is 6.54. The molecule has 3 rings (SSSR count). The molecule has 2 aromatic carbocycles. The number of nitrogens with zero attached hydrogens (tertiary/aromatic N) is 1. The van der Waals surface area contributed by atoms with Crippen molar-refractivity contribution in [3.05, 3.63) is 71.0 Å². The number of piperidine rings is 1. The van der Waals surface area contributed by atoms with Gasteiger partial charge in [-0.15, -0.1) is 0 Å². The molecule has 1 fully saturated rings. The van der Waals surface area contributed by atoms with Crippen molar-refractivity contribution < 1.29 is 22.8 Å². The molecule has 27 heavy (non-hydrogen) atoms. The highest BCUT2D eigenvalue weighted by Crippen LogP contribution is 2.21. The zero-order valence-corrected chi connectivity index (χ0v) is 14.6. The predicted molar refractivity (Wildman–Crippen MR) is 93.2 cm³/mol. The normalized spacial score (nSPS) is 14.9. The summed E-state index contributed by atoms with van der Waals surface area (Å²) in [6.07, 6.45) is 0.896. The smallest absolute Gasteiger partial charge is 0.256 e. The van der Waals surface area contributed by atoms with Crippen molar-refractivity contribution in [3.8, 4) is 0 Å². The average Bonchev–Trinajstić information content (AvgIpc) is 2.66. The van der Waals surface area contributed by atoms with Crippen LogP contribution in [0, 0.1) is 23.4 Å². The van der Waals surface area contributed by atoms with Gasteiger partial charge >= 0.3 is 0 Å².